The van der Waals surface area contributed by atoms with Crippen LogP contribution in [-0.4, -0.2) is 0 Å². The van der Waals surface area contributed by atoms with Gasteiger partial charge in [0.05, 0.1) is 0 Å². The first kappa shape index (κ1) is 29.6. The van der Waals surface area contributed by atoms with Gasteiger partial charge in [-0.15, -0.1) is 0 Å². The van der Waals surface area contributed by atoms with E-state index in [2.05, 4.69) is 138 Å². The van der Waals surface area contributed by atoms with Crippen LogP contribution in [0.2, 0.25) is 0 Å². The topological polar surface area (TPSA) is 0 Å². The quantitative estimate of drug-likeness (QED) is 0.249. The Balaban J connectivity index is 2.58. The van der Waals surface area contributed by atoms with Crippen LogP contribution in [0.15, 0.2) is 69.3 Å². The highest BCUT2D eigenvalue weighted by atomic mass is 32.2. The molecule has 0 heterocycles. The highest BCUT2D eigenvalue weighted by Crippen LogP contribution is 2.47. The molecular formula is C36H51S+. The van der Waals surface area contributed by atoms with Gasteiger partial charge in [0, 0.05) is 22.3 Å². The fraction of sp³-hybridized carbons (Fsp3) is 0.500. The highest BCUT2D eigenvalue weighted by molar-refractivity contribution is 7.97. The molecule has 0 aliphatic heterocycles. The molecule has 0 amide bonds. The maximum absolute atomic E-state index is 2.53. The molecule has 0 atom stereocenters. The summed E-state index contributed by atoms with van der Waals surface area (Å²) in [4.78, 5) is 4.58. The van der Waals surface area contributed by atoms with Crippen LogP contribution in [-0.2, 0) is 10.9 Å². The van der Waals surface area contributed by atoms with Gasteiger partial charge in [-0.05, 0) is 58.8 Å². The molecule has 0 nitrogen and oxygen atoms in total. The van der Waals surface area contributed by atoms with Gasteiger partial charge in [-0.3, -0.25) is 0 Å². The van der Waals surface area contributed by atoms with E-state index in [1.54, 1.807) is 9.79 Å². The Bertz CT molecular complexity index is 1050. The van der Waals surface area contributed by atoms with Gasteiger partial charge in [0.25, 0.3) is 0 Å². The first-order valence-corrected chi connectivity index (χ1v) is 15.7. The molecule has 3 aromatic rings. The fourth-order valence-corrected chi connectivity index (χ4v) is 8.37. The van der Waals surface area contributed by atoms with Crippen molar-refractivity contribution < 1.29 is 0 Å². The van der Waals surface area contributed by atoms with Crippen LogP contribution in [0.5, 0.6) is 0 Å². The number of hydrogen-bond acceptors (Lipinski definition) is 0. The number of rotatable bonds is 9. The summed E-state index contributed by atoms with van der Waals surface area (Å²) < 4.78 is 0. The zero-order valence-electron chi connectivity index (χ0n) is 25.6. The third kappa shape index (κ3) is 6.36. The van der Waals surface area contributed by atoms with Gasteiger partial charge >= 0.3 is 0 Å². The lowest BCUT2D eigenvalue weighted by atomic mass is 9.89. The van der Waals surface area contributed by atoms with Gasteiger partial charge in [0.15, 0.2) is 14.7 Å². The van der Waals surface area contributed by atoms with E-state index in [1.165, 1.54) is 38.3 Å². The monoisotopic (exact) mass is 515 g/mol. The van der Waals surface area contributed by atoms with Crippen LogP contribution < -0.4 is 0 Å². The second-order valence-corrected chi connectivity index (χ2v) is 14.5. The van der Waals surface area contributed by atoms with Crippen molar-refractivity contribution in [2.75, 3.05) is 0 Å². The standard InChI is InChI=1S/C36H51S/c1-22(2)28-18-31(24(5)6)35(32(19-28)25(7)8)37(30-16-14-13-15-17-30)36-33(26(9)10)20-29(23(3)4)21-34(36)27(11)12/h13-27H,1-12H3/q+1. The van der Waals surface area contributed by atoms with Crippen molar-refractivity contribution in [3.63, 3.8) is 0 Å². The lowest BCUT2D eigenvalue weighted by Gasteiger charge is -2.26. The Kier molecular flexibility index (Phi) is 9.79. The zero-order chi connectivity index (χ0) is 27.6. The molecular weight excluding hydrogens is 464 g/mol. The predicted octanol–water partition coefficient (Wildman–Crippen LogP) is 11.5. The molecule has 0 bridgehead atoms. The zero-order valence-corrected chi connectivity index (χ0v) is 26.4. The van der Waals surface area contributed by atoms with Gasteiger partial charge in [0.1, 0.15) is 10.9 Å². The normalized spacial score (nSPS) is 12.4. The summed E-state index contributed by atoms with van der Waals surface area (Å²) in [5.41, 5.74) is 9.05. The minimum Gasteiger partial charge on any atom is -0.0619 e. The summed E-state index contributed by atoms with van der Waals surface area (Å²) >= 11 is 0. The van der Waals surface area contributed by atoms with E-state index in [0.717, 1.165) is 0 Å². The predicted molar refractivity (Wildman–Crippen MR) is 166 cm³/mol. The van der Waals surface area contributed by atoms with E-state index in [4.69, 9.17) is 0 Å². The molecule has 1 heteroatoms. The molecule has 37 heavy (non-hydrogen) atoms. The third-order valence-electron chi connectivity index (χ3n) is 7.55. The molecule has 0 radical (unpaired) electrons. The third-order valence-corrected chi connectivity index (χ3v) is 10.0. The molecule has 0 unspecified atom stereocenters. The Morgan fingerprint density at radius 2 is 0.703 bits per heavy atom. The minimum absolute atomic E-state index is 0.186. The van der Waals surface area contributed by atoms with E-state index in [0.29, 0.717) is 35.5 Å². The summed E-state index contributed by atoms with van der Waals surface area (Å²) in [5.74, 6) is 2.89. The fourth-order valence-electron chi connectivity index (χ4n) is 5.14. The van der Waals surface area contributed by atoms with E-state index in [9.17, 15) is 0 Å². The number of benzene rings is 3. The maximum Gasteiger partial charge on any atom is 0.173 e. The summed E-state index contributed by atoms with van der Waals surface area (Å²) in [5, 5.41) is 0. The van der Waals surface area contributed by atoms with Crippen molar-refractivity contribution >= 4 is 10.9 Å². The van der Waals surface area contributed by atoms with Gasteiger partial charge in [0.2, 0.25) is 0 Å². The van der Waals surface area contributed by atoms with E-state index < -0.39 is 0 Å². The van der Waals surface area contributed by atoms with Crippen LogP contribution >= 0.6 is 0 Å². The molecule has 200 valence electrons. The minimum atomic E-state index is -0.186. The Morgan fingerprint density at radius 1 is 0.405 bits per heavy atom. The summed E-state index contributed by atoms with van der Waals surface area (Å²) in [6, 6.07) is 21.5. The molecule has 3 rings (SSSR count). The van der Waals surface area contributed by atoms with Crippen LogP contribution in [0.4, 0.5) is 0 Å². The Hall–Kier alpha value is -1.99. The van der Waals surface area contributed by atoms with E-state index >= 15 is 0 Å². The molecule has 0 saturated heterocycles. The first-order valence-electron chi connectivity index (χ1n) is 14.5. The summed E-state index contributed by atoms with van der Waals surface area (Å²) in [7, 11) is -0.186. The largest absolute Gasteiger partial charge is 0.173 e. The van der Waals surface area contributed by atoms with E-state index in [1.807, 2.05) is 0 Å². The molecule has 0 aromatic heterocycles. The summed E-state index contributed by atoms with van der Waals surface area (Å²) in [6.07, 6.45) is 0. The van der Waals surface area contributed by atoms with Crippen molar-refractivity contribution in [1.29, 1.82) is 0 Å². The van der Waals surface area contributed by atoms with Crippen molar-refractivity contribution in [1.82, 2.24) is 0 Å². The molecule has 0 aliphatic carbocycles. The molecule has 3 aromatic carbocycles. The van der Waals surface area contributed by atoms with Crippen molar-refractivity contribution in [2.24, 2.45) is 0 Å². The highest BCUT2D eigenvalue weighted by Gasteiger charge is 2.40. The van der Waals surface area contributed by atoms with Gasteiger partial charge in [-0.2, -0.15) is 0 Å². The summed E-state index contributed by atoms with van der Waals surface area (Å²) in [6.45, 7) is 28.4. The smallest absolute Gasteiger partial charge is 0.0619 e. The average Bonchev–Trinajstić information content (AvgIpc) is 2.83. The van der Waals surface area contributed by atoms with Gasteiger partial charge in [-0.25, -0.2) is 0 Å². The van der Waals surface area contributed by atoms with Crippen molar-refractivity contribution in [3.8, 4) is 0 Å². The second-order valence-electron chi connectivity index (χ2n) is 12.6. The van der Waals surface area contributed by atoms with Crippen LogP contribution in [0, 0.1) is 0 Å². The van der Waals surface area contributed by atoms with Crippen molar-refractivity contribution in [2.45, 2.75) is 133 Å². The lowest BCUT2D eigenvalue weighted by molar-refractivity contribution is 0.759. The van der Waals surface area contributed by atoms with Gasteiger partial charge < -0.3 is 0 Å². The van der Waals surface area contributed by atoms with Crippen LogP contribution in [0.25, 0.3) is 0 Å². The molecule has 0 spiro atoms. The van der Waals surface area contributed by atoms with Crippen LogP contribution in [0.3, 0.4) is 0 Å². The molecule has 0 saturated carbocycles. The molecule has 0 aliphatic rings. The molecule has 0 N–H and O–H groups in total. The van der Waals surface area contributed by atoms with Gasteiger partial charge in [-0.1, -0.05) is 126 Å². The number of hydrogen-bond donors (Lipinski definition) is 0. The Labute approximate surface area is 231 Å². The van der Waals surface area contributed by atoms with Crippen molar-refractivity contribution in [3.05, 3.63) is 88.0 Å². The Morgan fingerprint density at radius 3 is 0.946 bits per heavy atom. The first-order chi connectivity index (χ1) is 17.3. The van der Waals surface area contributed by atoms with Crippen LogP contribution in [0.1, 0.15) is 152 Å². The molecule has 0 fully saturated rings. The van der Waals surface area contributed by atoms with E-state index in [-0.39, 0.29) is 10.9 Å². The SMILES string of the molecule is CC(C)c1cc(C(C)C)c([S+](c2ccccc2)c2c(C(C)C)cc(C(C)C)cc2C(C)C)c(C(C)C)c1. The second kappa shape index (κ2) is 12.2. The maximum atomic E-state index is 2.53. The average molecular weight is 516 g/mol. The lowest BCUT2D eigenvalue weighted by Crippen LogP contribution is -2.18.